The summed E-state index contributed by atoms with van der Waals surface area (Å²) in [6.07, 6.45) is 2.57. The van der Waals surface area contributed by atoms with Gasteiger partial charge in [0.25, 0.3) is 0 Å². The third-order valence-corrected chi connectivity index (χ3v) is 4.05. The Bertz CT molecular complexity index is 711. The van der Waals surface area contributed by atoms with Gasteiger partial charge in [-0.1, -0.05) is 0 Å². The number of halogens is 2. The molecule has 2 aromatic carbocycles. The van der Waals surface area contributed by atoms with Gasteiger partial charge in [-0.2, -0.15) is 0 Å². The lowest BCUT2D eigenvalue weighted by molar-refractivity contribution is -0.414. The molecule has 2 rings (SSSR count). The van der Waals surface area contributed by atoms with Crippen molar-refractivity contribution < 1.29 is 4.92 Å². The Morgan fingerprint density at radius 3 is 2.14 bits per heavy atom. The van der Waals surface area contributed by atoms with Crippen LogP contribution in [-0.4, -0.2) is 11.1 Å². The summed E-state index contributed by atoms with van der Waals surface area (Å²) in [7, 11) is 0. The number of hydrogen-bond donors (Lipinski definition) is 1. The zero-order valence-corrected chi connectivity index (χ0v) is 15.6. The van der Waals surface area contributed by atoms with Crippen LogP contribution in [0.2, 0.25) is 0 Å². The molecule has 1 N–H and O–H groups in total. The van der Waals surface area contributed by atoms with Crippen LogP contribution in [0.1, 0.15) is 0 Å². The number of aliphatic imine (C=N–C) groups is 1. The number of hydrogen-bond acceptors (Lipinski definition) is 4. The van der Waals surface area contributed by atoms with E-state index >= 15 is 0 Å². The molecule has 22 heavy (non-hydrogen) atoms. The lowest BCUT2D eigenvalue weighted by atomic mass is 10.3. The third kappa shape index (κ3) is 5.37. The summed E-state index contributed by atoms with van der Waals surface area (Å²) in [4.78, 5) is 14.7. The first-order valence-corrected chi connectivity index (χ1v) is 8.36. The standard InChI is InChI=1S/C15H11I2N3O2/c16-11-1-5-13(6-2-11)18-9-15(20(21)22)10-19-14-7-3-12(17)4-8-14/h1-10,18H/b15-9+,19-10?. The van der Waals surface area contributed by atoms with E-state index in [1.165, 1.54) is 12.4 Å². The fourth-order valence-corrected chi connectivity index (χ4v) is 2.23. The molecule has 0 aliphatic carbocycles. The summed E-state index contributed by atoms with van der Waals surface area (Å²) in [5.41, 5.74) is 1.34. The summed E-state index contributed by atoms with van der Waals surface area (Å²) in [6, 6.07) is 15.0. The minimum Gasteiger partial charge on any atom is -0.356 e. The highest BCUT2D eigenvalue weighted by Crippen LogP contribution is 2.15. The monoisotopic (exact) mass is 519 g/mol. The number of rotatable bonds is 5. The molecule has 0 fully saturated rings. The minimum absolute atomic E-state index is 0.114. The predicted octanol–water partition coefficient (Wildman–Crippen LogP) is 4.83. The first kappa shape index (κ1) is 16.9. The largest absolute Gasteiger partial charge is 0.356 e. The Morgan fingerprint density at radius 1 is 1.05 bits per heavy atom. The number of nitrogens with one attached hydrogen (secondary N) is 1. The van der Waals surface area contributed by atoms with Crippen molar-refractivity contribution in [1.82, 2.24) is 0 Å². The molecule has 0 aromatic heterocycles. The summed E-state index contributed by atoms with van der Waals surface area (Å²) in [5, 5.41) is 14.0. The van der Waals surface area contributed by atoms with Gasteiger partial charge in [0.15, 0.2) is 0 Å². The maximum Gasteiger partial charge on any atom is 0.303 e. The summed E-state index contributed by atoms with van der Waals surface area (Å²) < 4.78 is 2.18. The van der Waals surface area contributed by atoms with Crippen LogP contribution in [0, 0.1) is 17.3 Å². The zero-order valence-electron chi connectivity index (χ0n) is 11.2. The molecule has 0 saturated heterocycles. The SMILES string of the molecule is O=[N+]([O-])/C(C=Nc1ccc(I)cc1)=C/Nc1ccc(I)cc1. The van der Waals surface area contributed by atoms with Gasteiger partial charge in [0.05, 0.1) is 16.8 Å². The van der Waals surface area contributed by atoms with E-state index in [1.807, 2.05) is 48.5 Å². The van der Waals surface area contributed by atoms with Crippen molar-refractivity contribution in [2.75, 3.05) is 5.32 Å². The van der Waals surface area contributed by atoms with Crippen molar-refractivity contribution in [2.24, 2.45) is 4.99 Å². The van der Waals surface area contributed by atoms with Crippen molar-refractivity contribution in [3.63, 3.8) is 0 Å². The van der Waals surface area contributed by atoms with E-state index in [4.69, 9.17) is 0 Å². The number of anilines is 1. The molecule has 0 aliphatic heterocycles. The smallest absolute Gasteiger partial charge is 0.303 e. The fourth-order valence-electron chi connectivity index (χ4n) is 1.51. The average Bonchev–Trinajstić information content (AvgIpc) is 2.50. The summed E-state index contributed by atoms with van der Waals surface area (Å²) in [6.45, 7) is 0. The Kier molecular flexibility index (Phi) is 6.31. The maximum atomic E-state index is 11.1. The molecule has 5 nitrogen and oxygen atoms in total. The lowest BCUT2D eigenvalue weighted by Crippen LogP contribution is -2.03. The van der Waals surface area contributed by atoms with Gasteiger partial charge in [-0.25, -0.2) is 4.99 Å². The lowest BCUT2D eigenvalue weighted by Gasteiger charge is -2.00. The van der Waals surface area contributed by atoms with Gasteiger partial charge in [0.2, 0.25) is 0 Å². The number of allylic oxidation sites excluding steroid dienone is 1. The van der Waals surface area contributed by atoms with Crippen LogP contribution in [0.5, 0.6) is 0 Å². The van der Waals surface area contributed by atoms with Gasteiger partial charge in [-0.05, 0) is 93.7 Å². The molecule has 0 radical (unpaired) electrons. The van der Waals surface area contributed by atoms with Gasteiger partial charge in [0, 0.05) is 12.8 Å². The van der Waals surface area contributed by atoms with E-state index in [0.29, 0.717) is 5.69 Å². The van der Waals surface area contributed by atoms with E-state index < -0.39 is 4.92 Å². The van der Waals surface area contributed by atoms with Crippen molar-refractivity contribution in [3.8, 4) is 0 Å². The van der Waals surface area contributed by atoms with E-state index in [0.717, 1.165) is 12.8 Å². The van der Waals surface area contributed by atoms with Crippen molar-refractivity contribution in [3.05, 3.63) is 77.7 Å². The molecule has 2 aromatic rings. The highest BCUT2D eigenvalue weighted by Gasteiger charge is 2.06. The average molecular weight is 519 g/mol. The minimum atomic E-state index is -0.476. The van der Waals surface area contributed by atoms with Crippen molar-refractivity contribution >= 4 is 62.8 Å². The van der Waals surface area contributed by atoms with E-state index in [1.54, 1.807) is 0 Å². The van der Waals surface area contributed by atoms with E-state index in [9.17, 15) is 10.1 Å². The second kappa shape index (κ2) is 8.22. The maximum absolute atomic E-state index is 11.1. The molecule has 0 bridgehead atoms. The first-order valence-electron chi connectivity index (χ1n) is 6.21. The van der Waals surface area contributed by atoms with Gasteiger partial charge < -0.3 is 5.32 Å². The van der Waals surface area contributed by atoms with Crippen LogP contribution in [0.25, 0.3) is 0 Å². The van der Waals surface area contributed by atoms with Crippen LogP contribution >= 0.6 is 45.2 Å². The zero-order chi connectivity index (χ0) is 15.9. The fraction of sp³-hybridized carbons (Fsp3) is 0. The number of nitrogens with zero attached hydrogens (tertiary/aromatic N) is 2. The highest BCUT2D eigenvalue weighted by molar-refractivity contribution is 14.1. The van der Waals surface area contributed by atoms with E-state index in [2.05, 4.69) is 55.5 Å². The molecule has 0 saturated carbocycles. The van der Waals surface area contributed by atoms with Gasteiger partial charge >= 0.3 is 5.70 Å². The molecular weight excluding hydrogens is 508 g/mol. The third-order valence-electron chi connectivity index (χ3n) is 2.61. The van der Waals surface area contributed by atoms with Gasteiger partial charge in [-0.15, -0.1) is 0 Å². The Labute approximate surface area is 155 Å². The Morgan fingerprint density at radius 2 is 1.59 bits per heavy atom. The topological polar surface area (TPSA) is 67.5 Å². The second-order valence-electron chi connectivity index (χ2n) is 4.21. The molecule has 0 aliphatic rings. The Hall–Kier alpha value is -1.49. The summed E-state index contributed by atoms with van der Waals surface area (Å²) in [5.74, 6) is 0. The van der Waals surface area contributed by atoms with Gasteiger partial charge in [-0.3, -0.25) is 10.1 Å². The van der Waals surface area contributed by atoms with Crippen molar-refractivity contribution in [1.29, 1.82) is 0 Å². The first-order chi connectivity index (χ1) is 10.5. The molecule has 0 spiro atoms. The molecule has 0 atom stereocenters. The molecule has 0 unspecified atom stereocenters. The highest BCUT2D eigenvalue weighted by atomic mass is 127. The predicted molar refractivity (Wildman–Crippen MR) is 105 cm³/mol. The summed E-state index contributed by atoms with van der Waals surface area (Å²) >= 11 is 4.39. The van der Waals surface area contributed by atoms with Crippen LogP contribution < -0.4 is 5.32 Å². The molecule has 112 valence electrons. The molecule has 7 heteroatoms. The van der Waals surface area contributed by atoms with Gasteiger partial charge in [0.1, 0.15) is 6.21 Å². The molecular formula is C15H11I2N3O2. The number of nitro groups is 1. The quantitative estimate of drug-likeness (QED) is 0.267. The number of benzene rings is 2. The van der Waals surface area contributed by atoms with Crippen LogP contribution in [-0.2, 0) is 0 Å². The normalized spacial score (nSPS) is 11.6. The Balaban J connectivity index is 2.12. The van der Waals surface area contributed by atoms with Crippen LogP contribution in [0.15, 0.2) is 65.4 Å². The van der Waals surface area contributed by atoms with Crippen LogP contribution in [0.4, 0.5) is 11.4 Å². The van der Waals surface area contributed by atoms with Crippen LogP contribution in [0.3, 0.4) is 0 Å². The van der Waals surface area contributed by atoms with E-state index in [-0.39, 0.29) is 5.70 Å². The van der Waals surface area contributed by atoms with Crippen molar-refractivity contribution in [2.45, 2.75) is 0 Å². The molecule has 0 amide bonds. The second-order valence-corrected chi connectivity index (χ2v) is 6.70. The molecule has 0 heterocycles.